The van der Waals surface area contributed by atoms with E-state index in [0.29, 0.717) is 5.92 Å². The van der Waals surface area contributed by atoms with Crippen LogP contribution in [-0.2, 0) is 6.42 Å². The number of H-pyrrole nitrogens is 1. The second-order valence-corrected chi connectivity index (χ2v) is 3.91. The van der Waals surface area contributed by atoms with E-state index in [0.717, 1.165) is 12.2 Å². The number of aromatic nitrogens is 4. The lowest BCUT2D eigenvalue weighted by Gasteiger charge is -2.22. The summed E-state index contributed by atoms with van der Waals surface area (Å²) in [5.41, 5.74) is 2.80. The fourth-order valence-electron chi connectivity index (χ4n) is 2.34. The van der Waals surface area contributed by atoms with Gasteiger partial charge < -0.3 is 0 Å². The first-order valence-electron chi connectivity index (χ1n) is 5.26. The number of hydrogen-bond donors (Lipinski definition) is 1. The number of hydrogen-bond acceptors (Lipinski definition) is 3. The quantitative estimate of drug-likeness (QED) is 0.761. The summed E-state index contributed by atoms with van der Waals surface area (Å²) >= 11 is 0. The van der Waals surface area contributed by atoms with E-state index in [1.165, 1.54) is 24.0 Å². The van der Waals surface area contributed by atoms with Crippen molar-refractivity contribution in [1.82, 2.24) is 20.6 Å². The van der Waals surface area contributed by atoms with Crippen LogP contribution in [0.5, 0.6) is 0 Å². The minimum absolute atomic E-state index is 0.327. The molecule has 0 amide bonds. The van der Waals surface area contributed by atoms with Gasteiger partial charge in [0.2, 0.25) is 0 Å². The molecule has 0 bridgehead atoms. The Morgan fingerprint density at radius 2 is 2.20 bits per heavy atom. The van der Waals surface area contributed by atoms with Gasteiger partial charge >= 0.3 is 0 Å². The maximum Gasteiger partial charge on any atom is 0.181 e. The molecule has 1 aromatic heterocycles. The van der Waals surface area contributed by atoms with Gasteiger partial charge in [-0.15, -0.1) is 10.2 Å². The van der Waals surface area contributed by atoms with E-state index < -0.39 is 0 Å². The maximum atomic E-state index is 4.09. The molecule has 0 fully saturated rings. The first-order valence-corrected chi connectivity index (χ1v) is 5.26. The Labute approximate surface area is 87.7 Å². The van der Waals surface area contributed by atoms with Gasteiger partial charge in [-0.25, -0.2) is 0 Å². The number of tetrazole rings is 1. The number of nitrogens with one attached hydrogen (secondary N) is 1. The fourth-order valence-corrected chi connectivity index (χ4v) is 2.34. The van der Waals surface area contributed by atoms with E-state index in [2.05, 4.69) is 44.9 Å². The van der Waals surface area contributed by atoms with Gasteiger partial charge in [-0.05, 0) is 30.4 Å². The molecule has 0 radical (unpaired) electrons. The van der Waals surface area contributed by atoms with Crippen LogP contribution in [0.25, 0.3) is 0 Å². The molecular formula is C11H12N4. The lowest BCUT2D eigenvalue weighted by Crippen LogP contribution is -2.12. The van der Waals surface area contributed by atoms with Crippen molar-refractivity contribution in [2.24, 2.45) is 0 Å². The highest BCUT2D eigenvalue weighted by Gasteiger charge is 2.24. The van der Waals surface area contributed by atoms with Gasteiger partial charge in [-0.1, -0.05) is 29.5 Å². The van der Waals surface area contributed by atoms with Crippen LogP contribution in [-0.4, -0.2) is 20.6 Å². The monoisotopic (exact) mass is 200 g/mol. The second kappa shape index (κ2) is 3.46. The molecule has 76 valence electrons. The molecule has 2 aromatic rings. The molecule has 1 aliphatic rings. The Morgan fingerprint density at radius 3 is 3.07 bits per heavy atom. The molecule has 1 atom stereocenters. The molecule has 1 unspecified atom stereocenters. The average Bonchev–Trinajstić information content (AvgIpc) is 2.82. The van der Waals surface area contributed by atoms with E-state index in [1.807, 2.05) is 0 Å². The fraction of sp³-hybridized carbons (Fsp3) is 0.364. The largest absolute Gasteiger partial charge is 0.181 e. The van der Waals surface area contributed by atoms with E-state index in [-0.39, 0.29) is 0 Å². The Bertz CT molecular complexity index is 449. The van der Waals surface area contributed by atoms with Crippen LogP contribution in [0.4, 0.5) is 0 Å². The number of benzene rings is 1. The smallest absolute Gasteiger partial charge is 0.177 e. The lowest BCUT2D eigenvalue weighted by atomic mass is 9.82. The minimum atomic E-state index is 0.327. The van der Waals surface area contributed by atoms with Crippen LogP contribution in [0.3, 0.4) is 0 Å². The Hall–Kier alpha value is -1.71. The summed E-state index contributed by atoms with van der Waals surface area (Å²) in [6.07, 6.45) is 3.50. The highest BCUT2D eigenvalue weighted by atomic mass is 15.5. The molecule has 1 aliphatic carbocycles. The highest BCUT2D eigenvalue weighted by Crippen LogP contribution is 2.34. The van der Waals surface area contributed by atoms with Gasteiger partial charge in [0.05, 0.1) is 0 Å². The normalized spacial score (nSPS) is 19.9. The Balaban J connectivity index is 2.06. The number of nitrogens with zero attached hydrogens (tertiary/aromatic N) is 3. The predicted octanol–water partition coefficient (Wildman–Crippen LogP) is 1.67. The zero-order chi connectivity index (χ0) is 10.1. The number of aromatic amines is 1. The predicted molar refractivity (Wildman–Crippen MR) is 55.4 cm³/mol. The second-order valence-electron chi connectivity index (χ2n) is 3.91. The standard InChI is InChI=1S/C11H12N4/c1-2-6-9-8(4-1)5-3-7-10(9)11-12-14-15-13-11/h1-2,4,6,10H,3,5,7H2,(H,12,13,14,15). The molecule has 4 heteroatoms. The number of rotatable bonds is 1. The van der Waals surface area contributed by atoms with Crippen molar-refractivity contribution in [3.63, 3.8) is 0 Å². The van der Waals surface area contributed by atoms with Crippen molar-refractivity contribution in [3.05, 3.63) is 41.2 Å². The molecule has 0 saturated heterocycles. The van der Waals surface area contributed by atoms with Gasteiger partial charge in [-0.3, -0.25) is 0 Å². The van der Waals surface area contributed by atoms with Crippen molar-refractivity contribution in [2.45, 2.75) is 25.2 Å². The zero-order valence-electron chi connectivity index (χ0n) is 8.35. The Morgan fingerprint density at radius 1 is 1.27 bits per heavy atom. The molecule has 0 saturated carbocycles. The van der Waals surface area contributed by atoms with Gasteiger partial charge in [0.1, 0.15) is 0 Å². The maximum absolute atomic E-state index is 4.09. The number of fused-ring (bicyclic) bond motifs is 1. The summed E-state index contributed by atoms with van der Waals surface area (Å²) in [7, 11) is 0. The van der Waals surface area contributed by atoms with Crippen molar-refractivity contribution in [1.29, 1.82) is 0 Å². The molecule has 1 N–H and O–H groups in total. The van der Waals surface area contributed by atoms with Crippen molar-refractivity contribution >= 4 is 0 Å². The van der Waals surface area contributed by atoms with Crippen molar-refractivity contribution in [2.75, 3.05) is 0 Å². The van der Waals surface area contributed by atoms with Gasteiger partial charge in [0, 0.05) is 5.92 Å². The van der Waals surface area contributed by atoms with Crippen LogP contribution < -0.4 is 0 Å². The molecule has 1 heterocycles. The summed E-state index contributed by atoms with van der Waals surface area (Å²) in [6, 6.07) is 8.55. The zero-order valence-corrected chi connectivity index (χ0v) is 8.35. The van der Waals surface area contributed by atoms with Crippen LogP contribution in [0.1, 0.15) is 35.7 Å². The van der Waals surface area contributed by atoms with Gasteiger partial charge in [0.25, 0.3) is 0 Å². The average molecular weight is 200 g/mol. The van der Waals surface area contributed by atoms with Gasteiger partial charge in [-0.2, -0.15) is 5.21 Å². The van der Waals surface area contributed by atoms with Crippen molar-refractivity contribution in [3.8, 4) is 0 Å². The van der Waals surface area contributed by atoms with Crippen LogP contribution in [0.2, 0.25) is 0 Å². The summed E-state index contributed by atoms with van der Waals surface area (Å²) in [4.78, 5) is 0. The summed E-state index contributed by atoms with van der Waals surface area (Å²) in [6.45, 7) is 0. The number of aryl methyl sites for hydroxylation is 1. The van der Waals surface area contributed by atoms with E-state index >= 15 is 0 Å². The third kappa shape index (κ3) is 1.42. The molecular weight excluding hydrogens is 188 g/mol. The molecule has 3 rings (SSSR count). The van der Waals surface area contributed by atoms with Crippen LogP contribution in [0.15, 0.2) is 24.3 Å². The lowest BCUT2D eigenvalue weighted by molar-refractivity contribution is 0.591. The Kier molecular flexibility index (Phi) is 1.98. The SMILES string of the molecule is c1ccc2c(c1)CCCC2c1nn[nH]n1. The third-order valence-electron chi connectivity index (χ3n) is 3.04. The molecule has 15 heavy (non-hydrogen) atoms. The minimum Gasteiger partial charge on any atom is -0.177 e. The molecule has 1 aromatic carbocycles. The summed E-state index contributed by atoms with van der Waals surface area (Å²) in [5, 5.41) is 14.3. The van der Waals surface area contributed by atoms with E-state index in [9.17, 15) is 0 Å². The topological polar surface area (TPSA) is 54.5 Å². The summed E-state index contributed by atoms with van der Waals surface area (Å²) in [5.74, 6) is 1.15. The molecule has 0 aliphatic heterocycles. The van der Waals surface area contributed by atoms with E-state index in [1.54, 1.807) is 0 Å². The van der Waals surface area contributed by atoms with Crippen LogP contribution >= 0.6 is 0 Å². The van der Waals surface area contributed by atoms with Crippen molar-refractivity contribution < 1.29 is 0 Å². The molecule has 0 spiro atoms. The first-order chi connectivity index (χ1) is 7.45. The van der Waals surface area contributed by atoms with E-state index in [4.69, 9.17) is 0 Å². The first kappa shape index (κ1) is 8.59. The third-order valence-corrected chi connectivity index (χ3v) is 3.04. The highest BCUT2D eigenvalue weighted by molar-refractivity contribution is 5.35. The summed E-state index contributed by atoms with van der Waals surface area (Å²) < 4.78 is 0. The van der Waals surface area contributed by atoms with Gasteiger partial charge in [0.15, 0.2) is 5.82 Å². The van der Waals surface area contributed by atoms with Crippen LogP contribution in [0, 0.1) is 0 Å². The molecule has 4 nitrogen and oxygen atoms in total.